The molecule has 0 fully saturated rings. The second kappa shape index (κ2) is 7.49. The van der Waals surface area contributed by atoms with Crippen molar-refractivity contribution in [3.63, 3.8) is 0 Å². The van der Waals surface area contributed by atoms with Crippen LogP contribution < -0.4 is 5.43 Å². The Balaban J connectivity index is 1.68. The molecule has 10 heteroatoms. The Bertz CT molecular complexity index is 984. The van der Waals surface area contributed by atoms with Gasteiger partial charge in [-0.2, -0.15) is 5.10 Å². The largest absolute Gasteiger partial charge is 0.270 e. The van der Waals surface area contributed by atoms with Crippen LogP contribution in [-0.4, -0.2) is 21.0 Å². The smallest absolute Gasteiger partial charge is 0.258 e. The predicted molar refractivity (Wildman–Crippen MR) is 98.5 cm³/mol. The fourth-order valence-electron chi connectivity index (χ4n) is 2.08. The van der Waals surface area contributed by atoms with Gasteiger partial charge < -0.3 is 0 Å². The molecule has 1 N–H and O–H groups in total. The molecule has 0 aliphatic rings. The van der Waals surface area contributed by atoms with Crippen molar-refractivity contribution in [3.05, 3.63) is 79.7 Å². The van der Waals surface area contributed by atoms with Gasteiger partial charge in [-0.15, -0.1) is 11.3 Å². The molecule has 0 aliphatic heterocycles. The molecule has 1 aromatic heterocycles. The first-order valence-corrected chi connectivity index (χ1v) is 8.15. The normalized spacial score (nSPS) is 10.8. The molecule has 0 saturated carbocycles. The lowest BCUT2D eigenvalue weighted by Gasteiger charge is -1.97. The Hall–Kier alpha value is -3.66. The standard InChI is InChI=1S/C16H11N5O4S/c22-20(23)13-6-4-11(5-7-13)9-17-19-16-18-15(10-26-16)12-2-1-3-14(8-12)21(24)25/h1-10H,(H,18,19)/b17-9+. The van der Waals surface area contributed by atoms with Gasteiger partial charge in [0.25, 0.3) is 11.4 Å². The minimum atomic E-state index is -0.468. The first kappa shape index (κ1) is 17.2. The lowest BCUT2D eigenvalue weighted by Crippen LogP contribution is -1.92. The van der Waals surface area contributed by atoms with Crippen LogP contribution in [0.25, 0.3) is 11.3 Å². The lowest BCUT2D eigenvalue weighted by atomic mass is 10.1. The van der Waals surface area contributed by atoms with Gasteiger partial charge in [-0.25, -0.2) is 4.98 Å². The van der Waals surface area contributed by atoms with Crippen LogP contribution in [0.3, 0.4) is 0 Å². The number of benzene rings is 2. The van der Waals surface area contributed by atoms with Gasteiger partial charge in [-0.05, 0) is 17.7 Å². The fourth-order valence-corrected chi connectivity index (χ4v) is 2.75. The summed E-state index contributed by atoms with van der Waals surface area (Å²) in [7, 11) is 0. The lowest BCUT2D eigenvalue weighted by molar-refractivity contribution is -0.385. The van der Waals surface area contributed by atoms with Crippen LogP contribution in [0.2, 0.25) is 0 Å². The molecule has 0 amide bonds. The predicted octanol–water partition coefficient (Wildman–Crippen LogP) is 4.07. The van der Waals surface area contributed by atoms with E-state index in [1.807, 2.05) is 0 Å². The number of hydrazone groups is 1. The van der Waals surface area contributed by atoms with E-state index >= 15 is 0 Å². The molecule has 3 aromatic rings. The molecule has 0 aliphatic carbocycles. The zero-order valence-electron chi connectivity index (χ0n) is 13.1. The summed E-state index contributed by atoms with van der Waals surface area (Å²) in [5, 5.41) is 27.8. The molecular weight excluding hydrogens is 358 g/mol. The Morgan fingerprint density at radius 1 is 1.04 bits per heavy atom. The van der Waals surface area contributed by atoms with E-state index in [-0.39, 0.29) is 11.4 Å². The van der Waals surface area contributed by atoms with Crippen molar-refractivity contribution < 1.29 is 9.85 Å². The number of hydrogen-bond donors (Lipinski definition) is 1. The molecule has 0 spiro atoms. The average Bonchev–Trinajstić information content (AvgIpc) is 3.11. The summed E-state index contributed by atoms with van der Waals surface area (Å²) >= 11 is 1.30. The molecule has 2 aromatic carbocycles. The van der Waals surface area contributed by atoms with E-state index in [9.17, 15) is 20.2 Å². The van der Waals surface area contributed by atoms with Gasteiger partial charge in [-0.1, -0.05) is 12.1 Å². The molecule has 1 heterocycles. The molecular formula is C16H11N5O4S. The summed E-state index contributed by atoms with van der Waals surface area (Å²) in [5.41, 5.74) is 4.72. The summed E-state index contributed by atoms with van der Waals surface area (Å²) in [6.07, 6.45) is 1.51. The van der Waals surface area contributed by atoms with E-state index in [1.165, 1.54) is 41.8 Å². The van der Waals surface area contributed by atoms with Crippen LogP contribution >= 0.6 is 11.3 Å². The van der Waals surface area contributed by atoms with Crippen LogP contribution in [0.4, 0.5) is 16.5 Å². The zero-order chi connectivity index (χ0) is 18.5. The topological polar surface area (TPSA) is 124 Å². The minimum Gasteiger partial charge on any atom is -0.258 e. The van der Waals surface area contributed by atoms with Gasteiger partial charge >= 0.3 is 0 Å². The summed E-state index contributed by atoms with van der Waals surface area (Å²) in [6.45, 7) is 0. The Kier molecular flexibility index (Phi) is 4.94. The maximum atomic E-state index is 10.8. The van der Waals surface area contributed by atoms with Crippen LogP contribution in [0, 0.1) is 20.2 Å². The van der Waals surface area contributed by atoms with Crippen LogP contribution in [0.15, 0.2) is 59.0 Å². The van der Waals surface area contributed by atoms with Crippen molar-refractivity contribution in [3.8, 4) is 11.3 Å². The van der Waals surface area contributed by atoms with Gasteiger partial charge in [0.15, 0.2) is 0 Å². The summed E-state index contributed by atoms with van der Waals surface area (Å²) in [6, 6.07) is 12.2. The summed E-state index contributed by atoms with van der Waals surface area (Å²) in [4.78, 5) is 24.9. The number of nitro groups is 2. The highest BCUT2D eigenvalue weighted by Gasteiger charge is 2.09. The highest BCUT2D eigenvalue weighted by Crippen LogP contribution is 2.27. The molecule has 0 atom stereocenters. The second-order valence-electron chi connectivity index (χ2n) is 5.06. The Labute approximate surface area is 150 Å². The van der Waals surface area contributed by atoms with Gasteiger partial charge in [-0.3, -0.25) is 25.7 Å². The van der Waals surface area contributed by atoms with E-state index in [0.717, 1.165) is 0 Å². The molecule has 26 heavy (non-hydrogen) atoms. The third-order valence-corrected chi connectivity index (χ3v) is 4.08. The molecule has 0 radical (unpaired) electrons. The molecule has 0 saturated heterocycles. The van der Waals surface area contributed by atoms with Gasteiger partial charge in [0.1, 0.15) is 0 Å². The number of aromatic nitrogens is 1. The number of non-ortho nitro benzene ring substituents is 2. The van der Waals surface area contributed by atoms with E-state index in [1.54, 1.807) is 29.6 Å². The van der Waals surface area contributed by atoms with Crippen LogP contribution in [0.5, 0.6) is 0 Å². The first-order valence-electron chi connectivity index (χ1n) is 7.27. The monoisotopic (exact) mass is 369 g/mol. The third-order valence-electron chi connectivity index (χ3n) is 3.33. The number of nitrogens with zero attached hydrogens (tertiary/aromatic N) is 4. The molecule has 3 rings (SSSR count). The Morgan fingerprint density at radius 3 is 2.46 bits per heavy atom. The maximum absolute atomic E-state index is 10.8. The molecule has 0 bridgehead atoms. The molecule has 130 valence electrons. The van der Waals surface area contributed by atoms with Crippen molar-refractivity contribution in [1.82, 2.24) is 4.98 Å². The van der Waals surface area contributed by atoms with E-state index in [0.29, 0.717) is 22.0 Å². The van der Waals surface area contributed by atoms with Crippen LogP contribution in [0.1, 0.15) is 5.56 Å². The van der Waals surface area contributed by atoms with Crippen molar-refractivity contribution in [2.24, 2.45) is 5.10 Å². The van der Waals surface area contributed by atoms with E-state index in [2.05, 4.69) is 15.5 Å². The number of rotatable bonds is 6. The zero-order valence-corrected chi connectivity index (χ0v) is 13.9. The fraction of sp³-hybridized carbons (Fsp3) is 0. The van der Waals surface area contributed by atoms with Crippen molar-refractivity contribution in [1.29, 1.82) is 0 Å². The number of hydrogen-bond acceptors (Lipinski definition) is 8. The van der Waals surface area contributed by atoms with Crippen molar-refractivity contribution >= 4 is 34.1 Å². The van der Waals surface area contributed by atoms with Gasteiger partial charge in [0.05, 0.1) is 21.8 Å². The number of nitrogens with one attached hydrogen (secondary N) is 1. The number of thiazole rings is 1. The third kappa shape index (κ3) is 4.05. The number of nitro benzene ring substituents is 2. The first-order chi connectivity index (χ1) is 12.5. The second-order valence-corrected chi connectivity index (χ2v) is 5.92. The molecule has 9 nitrogen and oxygen atoms in total. The average molecular weight is 369 g/mol. The maximum Gasteiger partial charge on any atom is 0.270 e. The van der Waals surface area contributed by atoms with Crippen molar-refractivity contribution in [2.75, 3.05) is 5.43 Å². The minimum absolute atomic E-state index is 0.00111. The van der Waals surface area contributed by atoms with Gasteiger partial charge in [0.2, 0.25) is 5.13 Å². The summed E-state index contributed by atoms with van der Waals surface area (Å²) in [5.74, 6) is 0. The number of anilines is 1. The molecule has 0 unspecified atom stereocenters. The summed E-state index contributed by atoms with van der Waals surface area (Å²) < 4.78 is 0. The van der Waals surface area contributed by atoms with E-state index < -0.39 is 9.85 Å². The van der Waals surface area contributed by atoms with Gasteiger partial charge in [0, 0.05) is 35.2 Å². The van der Waals surface area contributed by atoms with E-state index in [4.69, 9.17) is 0 Å². The van der Waals surface area contributed by atoms with Crippen LogP contribution in [-0.2, 0) is 0 Å². The highest BCUT2D eigenvalue weighted by atomic mass is 32.1. The SMILES string of the molecule is O=[N+]([O-])c1ccc(/C=N/Nc2nc(-c3cccc([N+](=O)[O-])c3)cs2)cc1. The highest BCUT2D eigenvalue weighted by molar-refractivity contribution is 7.14. The van der Waals surface area contributed by atoms with Crippen molar-refractivity contribution in [2.45, 2.75) is 0 Å². The quantitative estimate of drug-likeness (QED) is 0.397. The Morgan fingerprint density at radius 2 is 1.77 bits per heavy atom.